The Hall–Kier alpha value is -1.14. The van der Waals surface area contributed by atoms with Crippen LogP contribution in [0.15, 0.2) is 17.6 Å². The lowest BCUT2D eigenvalue weighted by molar-refractivity contribution is -0.123. The molecule has 1 aromatic rings. The number of rotatable bonds is 6. The minimum absolute atomic E-state index is 0.325. The van der Waals surface area contributed by atoms with E-state index in [-0.39, 0.29) is 5.91 Å². The summed E-state index contributed by atoms with van der Waals surface area (Å²) in [5.41, 5.74) is 5.81. The molecule has 0 saturated heterocycles. The van der Waals surface area contributed by atoms with Crippen molar-refractivity contribution in [2.24, 2.45) is 5.73 Å². The minimum atomic E-state index is -0.694. The predicted molar refractivity (Wildman–Crippen MR) is 71.3 cm³/mol. The van der Waals surface area contributed by atoms with Crippen LogP contribution in [0.1, 0.15) is 25.3 Å². The van der Waals surface area contributed by atoms with E-state index >= 15 is 0 Å². The summed E-state index contributed by atoms with van der Waals surface area (Å²) >= 11 is 1.45. The molecule has 0 aliphatic heterocycles. The smallest absolute Gasteiger partial charge is 0.238 e. The van der Waals surface area contributed by atoms with E-state index in [2.05, 4.69) is 15.3 Å². The first kappa shape index (κ1) is 13.3. The van der Waals surface area contributed by atoms with E-state index in [9.17, 15) is 4.79 Å². The van der Waals surface area contributed by atoms with E-state index < -0.39 is 5.54 Å². The molecule has 1 atom stereocenters. The molecule has 1 heterocycles. The second-order valence-electron chi connectivity index (χ2n) is 4.95. The molecule has 0 aromatic carbocycles. The van der Waals surface area contributed by atoms with Crippen LogP contribution >= 0.6 is 11.8 Å². The molecule has 98 valence electrons. The molecule has 0 bridgehead atoms. The Labute approximate surface area is 111 Å². The van der Waals surface area contributed by atoms with Crippen molar-refractivity contribution in [1.82, 2.24) is 15.3 Å². The van der Waals surface area contributed by atoms with Gasteiger partial charge in [0.15, 0.2) is 5.16 Å². The fourth-order valence-electron chi connectivity index (χ4n) is 1.53. The number of carbonyl (C=O) groups excluding carboxylic acids is 1. The van der Waals surface area contributed by atoms with Crippen molar-refractivity contribution in [3.05, 3.63) is 18.0 Å². The van der Waals surface area contributed by atoms with Gasteiger partial charge in [-0.1, -0.05) is 11.8 Å². The molecular weight excluding hydrogens is 248 g/mol. The minimum Gasteiger partial charge on any atom is -0.368 e. The van der Waals surface area contributed by atoms with Gasteiger partial charge in [-0.05, 0) is 32.3 Å². The summed E-state index contributed by atoms with van der Waals surface area (Å²) in [6.45, 7) is 3.78. The highest BCUT2D eigenvalue weighted by Crippen LogP contribution is 2.26. The summed E-state index contributed by atoms with van der Waals surface area (Å²) in [6, 6.07) is 0.432. The first-order valence-corrected chi connectivity index (χ1v) is 6.97. The van der Waals surface area contributed by atoms with Crippen LogP contribution in [-0.4, -0.2) is 33.2 Å². The fraction of sp³-hybridized carbons (Fsp3) is 0.583. The summed E-state index contributed by atoms with van der Waals surface area (Å²) in [5, 5.41) is 3.97. The average molecular weight is 266 g/mol. The van der Waals surface area contributed by atoms with Gasteiger partial charge in [0, 0.05) is 24.2 Å². The Kier molecular flexibility index (Phi) is 3.87. The monoisotopic (exact) mass is 266 g/mol. The summed E-state index contributed by atoms with van der Waals surface area (Å²) in [5.74, 6) is 0.219. The van der Waals surface area contributed by atoms with Crippen molar-refractivity contribution in [2.45, 2.75) is 43.4 Å². The molecule has 18 heavy (non-hydrogen) atoms. The Morgan fingerprint density at radius 3 is 2.67 bits per heavy atom. The second kappa shape index (κ2) is 5.24. The number of thioether (sulfide) groups is 1. The maximum atomic E-state index is 11.6. The normalized spacial score (nSPS) is 18.3. The summed E-state index contributed by atoms with van der Waals surface area (Å²) in [6.07, 6.45) is 5.78. The number of nitrogens with one attached hydrogen (secondary N) is 1. The Morgan fingerprint density at radius 2 is 2.17 bits per heavy atom. The Balaban J connectivity index is 1.96. The van der Waals surface area contributed by atoms with Crippen LogP contribution in [0.3, 0.4) is 0 Å². The summed E-state index contributed by atoms with van der Waals surface area (Å²) < 4.78 is 0. The van der Waals surface area contributed by atoms with Crippen LogP contribution < -0.4 is 11.1 Å². The number of nitrogens with zero attached hydrogens (tertiary/aromatic N) is 2. The van der Waals surface area contributed by atoms with Crippen molar-refractivity contribution in [3.63, 3.8) is 0 Å². The van der Waals surface area contributed by atoms with Crippen LogP contribution in [0.2, 0.25) is 0 Å². The van der Waals surface area contributed by atoms with Crippen LogP contribution in [-0.2, 0) is 4.79 Å². The Morgan fingerprint density at radius 1 is 1.56 bits per heavy atom. The van der Waals surface area contributed by atoms with Crippen LogP contribution in [0.5, 0.6) is 0 Å². The predicted octanol–water partition coefficient (Wildman–Crippen LogP) is 0.873. The van der Waals surface area contributed by atoms with E-state index in [0.717, 1.165) is 18.4 Å². The molecule has 1 unspecified atom stereocenters. The number of hydrogen-bond acceptors (Lipinski definition) is 5. The number of carbonyl (C=O) groups is 1. The number of aromatic nitrogens is 2. The molecule has 1 aliphatic carbocycles. The first-order valence-electron chi connectivity index (χ1n) is 5.99. The van der Waals surface area contributed by atoms with Gasteiger partial charge in [0.2, 0.25) is 5.91 Å². The molecular formula is C12H18N4OS. The molecule has 1 amide bonds. The van der Waals surface area contributed by atoms with Gasteiger partial charge in [0.1, 0.15) is 5.54 Å². The third kappa shape index (κ3) is 3.43. The lowest BCUT2D eigenvalue weighted by atomic mass is 10.1. The number of nitrogens with two attached hydrogens (primary N) is 1. The van der Waals surface area contributed by atoms with Crippen LogP contribution in [0.4, 0.5) is 0 Å². The molecule has 1 saturated carbocycles. The fourth-order valence-corrected chi connectivity index (χ4v) is 2.42. The van der Waals surface area contributed by atoms with E-state index in [1.165, 1.54) is 11.8 Å². The van der Waals surface area contributed by atoms with Crippen LogP contribution in [0, 0.1) is 6.92 Å². The van der Waals surface area contributed by atoms with Gasteiger partial charge in [-0.3, -0.25) is 4.79 Å². The highest BCUT2D eigenvalue weighted by atomic mass is 32.2. The van der Waals surface area contributed by atoms with Gasteiger partial charge in [-0.15, -0.1) is 0 Å². The number of aryl methyl sites for hydroxylation is 1. The maximum Gasteiger partial charge on any atom is 0.238 e. The molecule has 1 aromatic heterocycles. The van der Waals surface area contributed by atoms with Gasteiger partial charge in [0.05, 0.1) is 0 Å². The molecule has 0 spiro atoms. The van der Waals surface area contributed by atoms with Gasteiger partial charge < -0.3 is 11.1 Å². The third-order valence-corrected chi connectivity index (χ3v) is 4.08. The first-order chi connectivity index (χ1) is 8.49. The van der Waals surface area contributed by atoms with E-state index in [1.54, 1.807) is 12.4 Å². The molecule has 2 rings (SSSR count). The van der Waals surface area contributed by atoms with Gasteiger partial charge in [0.25, 0.3) is 0 Å². The van der Waals surface area contributed by atoms with Crippen LogP contribution in [0.25, 0.3) is 0 Å². The molecule has 1 aliphatic rings. The molecule has 1 fully saturated rings. The number of amides is 1. The largest absolute Gasteiger partial charge is 0.368 e. The molecule has 3 N–H and O–H groups in total. The zero-order chi connectivity index (χ0) is 13.2. The summed E-state index contributed by atoms with van der Waals surface area (Å²) in [4.78, 5) is 20.0. The topological polar surface area (TPSA) is 80.9 Å². The van der Waals surface area contributed by atoms with Gasteiger partial charge in [-0.2, -0.15) is 0 Å². The lowest BCUT2D eigenvalue weighted by Gasteiger charge is -2.26. The van der Waals surface area contributed by atoms with Crippen molar-refractivity contribution in [2.75, 3.05) is 5.75 Å². The third-order valence-electron chi connectivity index (χ3n) is 2.89. The van der Waals surface area contributed by atoms with Crippen molar-refractivity contribution < 1.29 is 4.79 Å². The zero-order valence-corrected chi connectivity index (χ0v) is 11.5. The van der Waals surface area contributed by atoms with E-state index in [4.69, 9.17) is 5.73 Å². The second-order valence-corrected chi connectivity index (χ2v) is 5.89. The number of primary amides is 1. The highest BCUT2D eigenvalue weighted by molar-refractivity contribution is 7.99. The quantitative estimate of drug-likeness (QED) is 0.590. The zero-order valence-electron chi connectivity index (χ0n) is 10.6. The molecule has 0 radical (unpaired) electrons. The number of hydrogen-bond donors (Lipinski definition) is 2. The van der Waals surface area contributed by atoms with E-state index in [0.29, 0.717) is 17.0 Å². The standard InChI is InChI=1S/C12H18N4OS/c1-8-5-14-11(15-6-8)18-7-12(2,10(13)17)16-9-3-4-9/h5-6,9,16H,3-4,7H2,1-2H3,(H2,13,17). The van der Waals surface area contributed by atoms with Crippen molar-refractivity contribution >= 4 is 17.7 Å². The average Bonchev–Trinajstić information content (AvgIpc) is 3.12. The Bertz CT molecular complexity index is 432. The lowest BCUT2D eigenvalue weighted by Crippen LogP contribution is -2.56. The van der Waals surface area contributed by atoms with Gasteiger partial charge >= 0.3 is 0 Å². The SMILES string of the molecule is Cc1cnc(SCC(C)(NC2CC2)C(N)=O)nc1. The van der Waals surface area contributed by atoms with Gasteiger partial charge in [-0.25, -0.2) is 9.97 Å². The highest BCUT2D eigenvalue weighted by Gasteiger charge is 2.37. The van der Waals surface area contributed by atoms with E-state index in [1.807, 2.05) is 13.8 Å². The molecule has 6 heteroatoms. The van der Waals surface area contributed by atoms with Crippen molar-refractivity contribution in [3.8, 4) is 0 Å². The molecule has 5 nitrogen and oxygen atoms in total. The summed E-state index contributed by atoms with van der Waals surface area (Å²) in [7, 11) is 0. The van der Waals surface area contributed by atoms with Crippen molar-refractivity contribution in [1.29, 1.82) is 0 Å². The maximum absolute atomic E-state index is 11.6.